The minimum absolute atomic E-state index is 0.171. The number of rotatable bonds is 4. The first-order chi connectivity index (χ1) is 9.36. The van der Waals surface area contributed by atoms with Gasteiger partial charge in [0.15, 0.2) is 0 Å². The minimum Gasteiger partial charge on any atom is -0.350 e. The first-order valence-corrected chi connectivity index (χ1v) is 8.78. The average molecular weight is 299 g/mol. The Bertz CT molecular complexity index is 571. The van der Waals surface area contributed by atoms with Gasteiger partial charge in [0.25, 0.3) is 5.91 Å². The number of amides is 1. The van der Waals surface area contributed by atoms with E-state index in [1.807, 2.05) is 0 Å². The van der Waals surface area contributed by atoms with E-state index in [2.05, 4.69) is 10.4 Å². The molecule has 1 saturated carbocycles. The summed E-state index contributed by atoms with van der Waals surface area (Å²) in [5.41, 5.74) is 0.414. The van der Waals surface area contributed by atoms with Crippen molar-refractivity contribution >= 4 is 15.7 Å². The van der Waals surface area contributed by atoms with Crippen LogP contribution in [0, 0.1) is 5.92 Å². The fourth-order valence-corrected chi connectivity index (χ4v) is 3.76. The standard InChI is InChI=1S/C13H21N3O3S/c1-16-8-7-12(15-16)13(17)14-9-10-3-5-11(6-4-10)20(2,18)19/h7-8,10-11H,3-6,9H2,1-2H3,(H,14,17). The Morgan fingerprint density at radius 3 is 2.55 bits per heavy atom. The number of hydrogen-bond donors (Lipinski definition) is 1. The van der Waals surface area contributed by atoms with Crippen molar-refractivity contribution in [3.8, 4) is 0 Å². The summed E-state index contributed by atoms with van der Waals surface area (Å²) in [5, 5.41) is 6.71. The summed E-state index contributed by atoms with van der Waals surface area (Å²) >= 11 is 0. The quantitative estimate of drug-likeness (QED) is 0.889. The lowest BCUT2D eigenvalue weighted by Crippen LogP contribution is -2.34. The molecule has 1 N–H and O–H groups in total. The molecule has 0 unspecified atom stereocenters. The number of hydrogen-bond acceptors (Lipinski definition) is 4. The number of sulfone groups is 1. The van der Waals surface area contributed by atoms with Gasteiger partial charge in [-0.25, -0.2) is 8.42 Å². The van der Waals surface area contributed by atoms with Crippen LogP contribution in [-0.2, 0) is 16.9 Å². The third kappa shape index (κ3) is 3.82. The number of nitrogens with zero attached hydrogens (tertiary/aromatic N) is 2. The number of carbonyl (C=O) groups is 1. The van der Waals surface area contributed by atoms with Crippen LogP contribution >= 0.6 is 0 Å². The predicted molar refractivity (Wildman–Crippen MR) is 76.1 cm³/mol. The van der Waals surface area contributed by atoms with Crippen molar-refractivity contribution in [3.05, 3.63) is 18.0 Å². The van der Waals surface area contributed by atoms with Gasteiger partial charge in [-0.05, 0) is 37.7 Å². The monoisotopic (exact) mass is 299 g/mol. The molecule has 1 aromatic heterocycles. The zero-order valence-corrected chi connectivity index (χ0v) is 12.7. The van der Waals surface area contributed by atoms with Crippen molar-refractivity contribution in [3.63, 3.8) is 0 Å². The van der Waals surface area contributed by atoms with Crippen molar-refractivity contribution in [1.29, 1.82) is 0 Å². The molecule has 1 aromatic rings. The Hall–Kier alpha value is -1.37. The zero-order valence-electron chi connectivity index (χ0n) is 11.9. The third-order valence-corrected chi connectivity index (χ3v) is 5.58. The highest BCUT2D eigenvalue weighted by Gasteiger charge is 2.27. The highest BCUT2D eigenvalue weighted by Crippen LogP contribution is 2.27. The van der Waals surface area contributed by atoms with Crippen LogP contribution in [0.15, 0.2) is 12.3 Å². The molecule has 1 fully saturated rings. The lowest BCUT2D eigenvalue weighted by Gasteiger charge is -2.27. The fourth-order valence-electron chi connectivity index (χ4n) is 2.63. The van der Waals surface area contributed by atoms with Crippen LogP contribution in [0.3, 0.4) is 0 Å². The van der Waals surface area contributed by atoms with E-state index < -0.39 is 9.84 Å². The Morgan fingerprint density at radius 2 is 2.05 bits per heavy atom. The van der Waals surface area contributed by atoms with E-state index in [9.17, 15) is 13.2 Å². The third-order valence-electron chi connectivity index (χ3n) is 3.90. The molecule has 2 rings (SSSR count). The van der Waals surface area contributed by atoms with E-state index in [1.54, 1.807) is 24.0 Å². The second-order valence-electron chi connectivity index (χ2n) is 5.56. The molecular weight excluding hydrogens is 278 g/mol. The Morgan fingerprint density at radius 1 is 1.40 bits per heavy atom. The van der Waals surface area contributed by atoms with Gasteiger partial charge in [0.1, 0.15) is 15.5 Å². The second kappa shape index (κ2) is 5.95. The number of aryl methyl sites for hydroxylation is 1. The van der Waals surface area contributed by atoms with Gasteiger partial charge >= 0.3 is 0 Å². The number of nitrogens with one attached hydrogen (secondary N) is 1. The van der Waals surface area contributed by atoms with Gasteiger partial charge in [-0.15, -0.1) is 0 Å². The highest BCUT2D eigenvalue weighted by molar-refractivity contribution is 7.91. The van der Waals surface area contributed by atoms with Gasteiger partial charge < -0.3 is 5.32 Å². The van der Waals surface area contributed by atoms with E-state index in [0.29, 0.717) is 31.0 Å². The van der Waals surface area contributed by atoms with Crippen LogP contribution in [0.25, 0.3) is 0 Å². The Kier molecular flexibility index (Phi) is 4.47. The molecular formula is C13H21N3O3S. The molecule has 0 atom stereocenters. The van der Waals surface area contributed by atoms with E-state index in [0.717, 1.165) is 12.8 Å². The molecule has 20 heavy (non-hydrogen) atoms. The molecule has 6 nitrogen and oxygen atoms in total. The van der Waals surface area contributed by atoms with E-state index in [-0.39, 0.29) is 11.2 Å². The molecule has 1 amide bonds. The van der Waals surface area contributed by atoms with E-state index in [4.69, 9.17) is 0 Å². The van der Waals surface area contributed by atoms with E-state index >= 15 is 0 Å². The van der Waals surface area contributed by atoms with Crippen LogP contribution in [0.4, 0.5) is 0 Å². The largest absolute Gasteiger partial charge is 0.350 e. The average Bonchev–Trinajstić information content (AvgIpc) is 2.82. The lowest BCUT2D eigenvalue weighted by atomic mass is 9.89. The maximum atomic E-state index is 11.8. The molecule has 0 aromatic carbocycles. The minimum atomic E-state index is -2.92. The van der Waals surface area contributed by atoms with Gasteiger partial charge in [0, 0.05) is 26.0 Å². The molecule has 7 heteroatoms. The topological polar surface area (TPSA) is 81.1 Å². The van der Waals surface area contributed by atoms with Crippen LogP contribution in [0.5, 0.6) is 0 Å². The summed E-state index contributed by atoms with van der Waals surface area (Å²) in [6.45, 7) is 0.589. The normalized spacial score (nSPS) is 23.5. The SMILES string of the molecule is Cn1ccc(C(=O)NCC2CCC(S(C)(=O)=O)CC2)n1. The highest BCUT2D eigenvalue weighted by atomic mass is 32.2. The van der Waals surface area contributed by atoms with Gasteiger partial charge in [-0.1, -0.05) is 0 Å². The van der Waals surface area contributed by atoms with Crippen LogP contribution < -0.4 is 5.32 Å². The molecule has 0 bridgehead atoms. The van der Waals surface area contributed by atoms with Gasteiger partial charge in [-0.2, -0.15) is 5.10 Å². The van der Waals surface area contributed by atoms with Gasteiger partial charge in [-0.3, -0.25) is 9.48 Å². The molecule has 0 aliphatic heterocycles. The Labute approximate surface area is 119 Å². The maximum absolute atomic E-state index is 11.8. The lowest BCUT2D eigenvalue weighted by molar-refractivity contribution is 0.0938. The van der Waals surface area contributed by atoms with Crippen molar-refractivity contribution < 1.29 is 13.2 Å². The molecule has 1 aliphatic carbocycles. The summed E-state index contributed by atoms with van der Waals surface area (Å²) in [6, 6.07) is 1.68. The maximum Gasteiger partial charge on any atom is 0.271 e. The molecule has 0 radical (unpaired) electrons. The molecule has 0 saturated heterocycles. The van der Waals surface area contributed by atoms with Crippen LogP contribution in [-0.4, -0.2) is 42.2 Å². The molecule has 112 valence electrons. The summed E-state index contributed by atoms with van der Waals surface area (Å²) in [6.07, 6.45) is 6.12. The van der Waals surface area contributed by atoms with Crippen LogP contribution in [0.1, 0.15) is 36.2 Å². The second-order valence-corrected chi connectivity index (χ2v) is 7.88. The van der Waals surface area contributed by atoms with Crippen molar-refractivity contribution in [2.24, 2.45) is 13.0 Å². The van der Waals surface area contributed by atoms with Crippen molar-refractivity contribution in [2.75, 3.05) is 12.8 Å². The predicted octanol–water partition coefficient (Wildman–Crippen LogP) is 0.753. The van der Waals surface area contributed by atoms with Crippen molar-refractivity contribution in [1.82, 2.24) is 15.1 Å². The summed E-state index contributed by atoms with van der Waals surface area (Å²) in [4.78, 5) is 11.8. The number of carbonyl (C=O) groups excluding carboxylic acids is 1. The fraction of sp³-hybridized carbons (Fsp3) is 0.692. The van der Waals surface area contributed by atoms with E-state index in [1.165, 1.54) is 6.26 Å². The summed E-state index contributed by atoms with van der Waals surface area (Å²) < 4.78 is 24.5. The summed E-state index contributed by atoms with van der Waals surface area (Å²) in [5.74, 6) is 0.191. The number of aromatic nitrogens is 2. The van der Waals surface area contributed by atoms with Gasteiger partial charge in [0.2, 0.25) is 0 Å². The zero-order chi connectivity index (χ0) is 14.8. The molecule has 0 spiro atoms. The Balaban J connectivity index is 1.78. The smallest absolute Gasteiger partial charge is 0.271 e. The first kappa shape index (κ1) is 15.0. The molecule has 1 aliphatic rings. The first-order valence-electron chi connectivity index (χ1n) is 6.83. The van der Waals surface area contributed by atoms with Gasteiger partial charge in [0.05, 0.1) is 5.25 Å². The van der Waals surface area contributed by atoms with Crippen molar-refractivity contribution in [2.45, 2.75) is 30.9 Å². The molecule has 1 heterocycles. The summed E-state index contributed by atoms with van der Waals surface area (Å²) in [7, 11) is -1.15. The van der Waals surface area contributed by atoms with Crippen LogP contribution in [0.2, 0.25) is 0 Å².